The molecule has 494 valence electrons. The topological polar surface area (TPSA) is 307 Å². The largest absolute Gasteiger partial charge is 0.394 e. The van der Waals surface area contributed by atoms with E-state index >= 15 is 0 Å². The lowest BCUT2D eigenvalue weighted by Gasteiger charge is -2.48. The molecule has 3 saturated heterocycles. The number of aliphatic hydroxyl groups is 11. The van der Waals surface area contributed by atoms with Crippen molar-refractivity contribution in [3.05, 3.63) is 60.8 Å². The molecule has 0 bridgehead atoms. The first-order valence-electron chi connectivity index (χ1n) is 33.0. The third kappa shape index (κ3) is 31.2. The van der Waals surface area contributed by atoms with E-state index in [1.54, 1.807) is 6.08 Å². The molecule has 0 aromatic heterocycles. The Morgan fingerprint density at radius 2 is 0.788 bits per heavy atom. The average molecular weight is 1210 g/mol. The number of ether oxygens (including phenoxy) is 6. The lowest BCUT2D eigenvalue weighted by molar-refractivity contribution is -0.379. The first-order valence-corrected chi connectivity index (χ1v) is 33.0. The molecule has 0 aromatic carbocycles. The molecule has 19 heteroatoms. The van der Waals surface area contributed by atoms with Gasteiger partial charge >= 0.3 is 0 Å². The van der Waals surface area contributed by atoms with Crippen molar-refractivity contribution in [1.29, 1.82) is 0 Å². The van der Waals surface area contributed by atoms with E-state index in [4.69, 9.17) is 28.4 Å². The zero-order valence-electron chi connectivity index (χ0n) is 51.8. The Balaban J connectivity index is 1.49. The molecule has 0 spiro atoms. The Bertz CT molecular complexity index is 1780. The molecule has 3 fully saturated rings. The summed E-state index contributed by atoms with van der Waals surface area (Å²) in [6, 6.07) is -1.00. The average Bonchev–Trinajstić information content (AvgIpc) is 3.07. The Hall–Kier alpha value is -2.51. The summed E-state index contributed by atoms with van der Waals surface area (Å²) in [5.74, 6) is -0.299. The zero-order valence-corrected chi connectivity index (χ0v) is 51.8. The molecule has 0 radical (unpaired) electrons. The van der Waals surface area contributed by atoms with Crippen molar-refractivity contribution in [3.8, 4) is 0 Å². The molecule has 3 aliphatic heterocycles. The summed E-state index contributed by atoms with van der Waals surface area (Å²) in [7, 11) is 0. The van der Waals surface area contributed by atoms with Crippen LogP contribution in [0.1, 0.15) is 219 Å². The van der Waals surface area contributed by atoms with E-state index in [9.17, 15) is 61.0 Å². The fraction of sp³-hybridized carbons (Fsp3) is 0.833. The Morgan fingerprint density at radius 1 is 0.424 bits per heavy atom. The fourth-order valence-corrected chi connectivity index (χ4v) is 10.8. The van der Waals surface area contributed by atoms with E-state index in [0.717, 1.165) is 83.5 Å². The first kappa shape index (κ1) is 76.7. The van der Waals surface area contributed by atoms with E-state index in [-0.39, 0.29) is 18.9 Å². The maximum atomic E-state index is 13.4. The van der Waals surface area contributed by atoms with Gasteiger partial charge in [-0.25, -0.2) is 0 Å². The second-order valence-electron chi connectivity index (χ2n) is 23.6. The van der Waals surface area contributed by atoms with E-state index < -0.39 is 124 Å². The second-order valence-corrected chi connectivity index (χ2v) is 23.6. The van der Waals surface area contributed by atoms with Crippen LogP contribution in [0.2, 0.25) is 0 Å². The van der Waals surface area contributed by atoms with E-state index in [0.29, 0.717) is 12.8 Å². The number of carbonyl (C=O) groups excluding carboxylic acids is 1. The molecule has 3 aliphatic rings. The van der Waals surface area contributed by atoms with Crippen molar-refractivity contribution >= 4 is 5.91 Å². The first-order chi connectivity index (χ1) is 41.3. The Labute approximate surface area is 509 Å². The van der Waals surface area contributed by atoms with E-state index in [2.05, 4.69) is 67.8 Å². The lowest BCUT2D eigenvalue weighted by atomic mass is 9.96. The summed E-state index contributed by atoms with van der Waals surface area (Å²) in [6.45, 7) is 1.68. The summed E-state index contributed by atoms with van der Waals surface area (Å²) in [5, 5.41) is 120. The van der Waals surface area contributed by atoms with Crippen LogP contribution in [0, 0.1) is 0 Å². The van der Waals surface area contributed by atoms with Gasteiger partial charge in [-0.1, -0.05) is 197 Å². The highest BCUT2D eigenvalue weighted by molar-refractivity contribution is 5.76. The van der Waals surface area contributed by atoms with Crippen molar-refractivity contribution in [2.45, 2.75) is 324 Å². The van der Waals surface area contributed by atoms with Gasteiger partial charge in [0.25, 0.3) is 0 Å². The molecule has 0 aliphatic carbocycles. The normalized spacial score (nSPS) is 29.4. The maximum Gasteiger partial charge on any atom is 0.220 e. The van der Waals surface area contributed by atoms with Gasteiger partial charge in [0.15, 0.2) is 18.9 Å². The van der Waals surface area contributed by atoms with Crippen LogP contribution in [0.4, 0.5) is 0 Å². The molecule has 3 heterocycles. The number of hydrogen-bond donors (Lipinski definition) is 12. The minimum Gasteiger partial charge on any atom is -0.394 e. The van der Waals surface area contributed by atoms with Crippen molar-refractivity contribution in [2.75, 3.05) is 26.4 Å². The summed E-state index contributed by atoms with van der Waals surface area (Å²) in [6.07, 6.45) is 30.5. The van der Waals surface area contributed by atoms with Gasteiger partial charge in [-0.3, -0.25) is 4.79 Å². The van der Waals surface area contributed by atoms with Crippen molar-refractivity contribution in [1.82, 2.24) is 5.32 Å². The van der Waals surface area contributed by atoms with Gasteiger partial charge in [0.2, 0.25) is 5.91 Å². The fourth-order valence-electron chi connectivity index (χ4n) is 10.8. The van der Waals surface area contributed by atoms with Gasteiger partial charge in [-0.2, -0.15) is 0 Å². The summed E-state index contributed by atoms with van der Waals surface area (Å²) >= 11 is 0. The predicted molar refractivity (Wildman–Crippen MR) is 328 cm³/mol. The second kappa shape index (κ2) is 48.4. The smallest absolute Gasteiger partial charge is 0.220 e. The van der Waals surface area contributed by atoms with Crippen molar-refractivity contribution in [3.63, 3.8) is 0 Å². The zero-order chi connectivity index (χ0) is 61.9. The van der Waals surface area contributed by atoms with Crippen LogP contribution in [0.5, 0.6) is 0 Å². The van der Waals surface area contributed by atoms with Crippen LogP contribution in [0.25, 0.3) is 0 Å². The third-order valence-electron chi connectivity index (χ3n) is 16.3. The number of rotatable bonds is 49. The minimum atomic E-state index is -1.98. The molecule has 17 atom stereocenters. The molecule has 3 rings (SSSR count). The number of aliphatic hydroxyl groups excluding tert-OH is 11. The van der Waals surface area contributed by atoms with Gasteiger partial charge in [0.05, 0.1) is 38.6 Å². The predicted octanol–water partition coefficient (Wildman–Crippen LogP) is 7.60. The van der Waals surface area contributed by atoms with Crippen LogP contribution < -0.4 is 5.32 Å². The van der Waals surface area contributed by atoms with Crippen molar-refractivity contribution < 1.29 is 89.4 Å². The number of carbonyl (C=O) groups is 1. The molecule has 12 N–H and O–H groups in total. The highest BCUT2D eigenvalue weighted by atomic mass is 16.8. The SMILES string of the molecule is CCCCCC/C=C\C/C=C\CCCCCCCCCC(=O)NC(COC1OC(CO)C(OC2OC(CO)C(OC3OC(CO)C(O)C(O)C3O)C(O)C2O)C(O)C1O)C(O)/C=C/CC/C=C/CC/C=C/CCCCCCCCCCCCCC. The highest BCUT2D eigenvalue weighted by Crippen LogP contribution is 2.33. The maximum absolute atomic E-state index is 13.4. The van der Waals surface area contributed by atoms with Crippen LogP contribution in [0.3, 0.4) is 0 Å². The van der Waals surface area contributed by atoms with Crippen molar-refractivity contribution in [2.24, 2.45) is 0 Å². The monoisotopic (exact) mass is 1210 g/mol. The molecule has 0 aromatic rings. The van der Waals surface area contributed by atoms with Crippen LogP contribution in [-0.4, -0.2) is 193 Å². The molecule has 17 unspecified atom stereocenters. The highest BCUT2D eigenvalue weighted by Gasteiger charge is 2.53. The third-order valence-corrected chi connectivity index (χ3v) is 16.3. The molecular formula is C66H117NO18. The van der Waals surface area contributed by atoms with Gasteiger partial charge in [-0.15, -0.1) is 0 Å². The van der Waals surface area contributed by atoms with E-state index in [1.165, 1.54) is 103 Å². The van der Waals surface area contributed by atoms with Crippen LogP contribution in [-0.2, 0) is 33.2 Å². The Morgan fingerprint density at radius 3 is 1.26 bits per heavy atom. The summed E-state index contributed by atoms with van der Waals surface area (Å²) in [5.41, 5.74) is 0. The minimum absolute atomic E-state index is 0.221. The number of nitrogens with one attached hydrogen (secondary N) is 1. The quantitative estimate of drug-likeness (QED) is 0.0206. The van der Waals surface area contributed by atoms with Gasteiger partial charge < -0.3 is 89.9 Å². The molecule has 0 saturated carbocycles. The summed E-state index contributed by atoms with van der Waals surface area (Å²) < 4.78 is 34.3. The number of hydrogen-bond acceptors (Lipinski definition) is 18. The Kier molecular flexibility index (Phi) is 43.7. The number of amides is 1. The molecule has 19 nitrogen and oxygen atoms in total. The lowest BCUT2D eigenvalue weighted by Crippen LogP contribution is -2.66. The van der Waals surface area contributed by atoms with E-state index in [1.807, 2.05) is 6.08 Å². The number of allylic oxidation sites excluding steroid dienone is 9. The molecule has 85 heavy (non-hydrogen) atoms. The molecular weight excluding hydrogens is 1090 g/mol. The van der Waals surface area contributed by atoms with Crippen LogP contribution in [0.15, 0.2) is 60.8 Å². The van der Waals surface area contributed by atoms with Crippen LogP contribution >= 0.6 is 0 Å². The summed E-state index contributed by atoms with van der Waals surface area (Å²) in [4.78, 5) is 13.4. The number of unbranched alkanes of at least 4 members (excludes halogenated alkanes) is 25. The van der Waals surface area contributed by atoms with Gasteiger partial charge in [0.1, 0.15) is 73.2 Å². The van der Waals surface area contributed by atoms with Gasteiger partial charge in [-0.05, 0) is 77.0 Å². The molecule has 1 amide bonds. The van der Waals surface area contributed by atoms with Gasteiger partial charge in [0, 0.05) is 6.42 Å². The standard InChI is InChI=1S/C66H117NO18/c1-3-5-7-9-11-13-15-17-19-21-23-24-25-26-27-29-31-33-35-37-39-41-43-50(71)49(67-54(72)44-42-40-38-36-34-32-30-28-22-20-18-16-14-12-10-8-6-4-2)48-80-64-60(78)57(75)62(52(46-69)82-64)85-66-61(79)58(76)63(53(47-70)83-66)84-65-59(77)56(74)55(73)51(45-68)81-65/h14,16,20,22,26-27,33,35,41,43,49-53,55-66,68-71,73-79H,3-13,15,17-19,21,23-25,28-32,34,36-40,42,44-48H2,1-2H3,(H,67,72)/b16-14-,22-20-,27-26+,35-33+,43-41+.